The van der Waals surface area contributed by atoms with E-state index in [1.54, 1.807) is 36.4 Å². The van der Waals surface area contributed by atoms with Crippen LogP contribution in [-0.2, 0) is 16.6 Å². The summed E-state index contributed by atoms with van der Waals surface area (Å²) in [6.45, 7) is 0.232. The number of urea groups is 1. The third-order valence-corrected chi connectivity index (χ3v) is 4.17. The van der Waals surface area contributed by atoms with Crippen LogP contribution in [0.25, 0.3) is 0 Å². The Kier molecular flexibility index (Phi) is 6.02. The molecule has 4 N–H and O–H groups in total. The molecule has 2 aromatic rings. The van der Waals surface area contributed by atoms with Gasteiger partial charge in [-0.05, 0) is 42.0 Å². The molecule has 128 valence electrons. The molecule has 0 aliphatic carbocycles. The zero-order valence-corrected chi connectivity index (χ0v) is 14.1. The number of halogens is 1. The van der Waals surface area contributed by atoms with Crippen molar-refractivity contribution >= 4 is 27.7 Å². The summed E-state index contributed by atoms with van der Waals surface area (Å²) >= 11 is 5.75. The summed E-state index contributed by atoms with van der Waals surface area (Å²) in [7, 11) is -3.72. The fourth-order valence-corrected chi connectivity index (χ4v) is 2.40. The van der Waals surface area contributed by atoms with Crippen molar-refractivity contribution < 1.29 is 17.9 Å². The zero-order valence-electron chi connectivity index (χ0n) is 12.5. The molecule has 0 saturated carbocycles. The van der Waals surface area contributed by atoms with E-state index in [2.05, 4.69) is 10.6 Å². The van der Waals surface area contributed by atoms with Crippen LogP contribution in [-0.4, -0.2) is 21.2 Å². The molecule has 2 rings (SSSR count). The molecular weight excluding hydrogens is 354 g/mol. The highest BCUT2D eigenvalue weighted by Gasteiger charge is 2.07. The van der Waals surface area contributed by atoms with Gasteiger partial charge in [-0.2, -0.15) is 0 Å². The Balaban J connectivity index is 1.74. The molecule has 0 radical (unpaired) electrons. The maximum absolute atomic E-state index is 11.6. The van der Waals surface area contributed by atoms with Crippen molar-refractivity contribution in [3.8, 4) is 5.75 Å². The Morgan fingerprint density at radius 1 is 1.04 bits per heavy atom. The molecule has 0 unspecified atom stereocenters. The van der Waals surface area contributed by atoms with Crippen LogP contribution in [0.3, 0.4) is 0 Å². The number of carbonyl (C=O) groups is 1. The van der Waals surface area contributed by atoms with Gasteiger partial charge in [0.25, 0.3) is 0 Å². The van der Waals surface area contributed by atoms with Gasteiger partial charge < -0.3 is 15.4 Å². The van der Waals surface area contributed by atoms with Crippen molar-refractivity contribution in [1.29, 1.82) is 0 Å². The van der Waals surface area contributed by atoms with Crippen LogP contribution in [0.5, 0.6) is 5.75 Å². The first-order valence-electron chi connectivity index (χ1n) is 6.86. The van der Waals surface area contributed by atoms with Crippen LogP contribution in [0.2, 0.25) is 5.02 Å². The number of primary sulfonamides is 1. The molecule has 0 saturated heterocycles. The predicted octanol–water partition coefficient (Wildman–Crippen LogP) is 1.82. The minimum Gasteiger partial charge on any atom is -0.473 e. The van der Waals surface area contributed by atoms with Crippen LogP contribution >= 0.6 is 11.6 Å². The topological polar surface area (TPSA) is 111 Å². The molecule has 0 heterocycles. The van der Waals surface area contributed by atoms with Gasteiger partial charge >= 0.3 is 6.03 Å². The molecule has 0 atom stereocenters. The second-order valence-corrected chi connectivity index (χ2v) is 6.79. The number of benzene rings is 2. The highest BCUT2D eigenvalue weighted by atomic mass is 35.5. The first-order valence-corrected chi connectivity index (χ1v) is 8.79. The lowest BCUT2D eigenvalue weighted by Gasteiger charge is -2.09. The van der Waals surface area contributed by atoms with Gasteiger partial charge in [0.05, 0.1) is 4.90 Å². The minimum absolute atomic E-state index is 0.00216. The molecule has 2 aromatic carbocycles. The van der Waals surface area contributed by atoms with Crippen molar-refractivity contribution in [2.45, 2.75) is 11.4 Å². The molecule has 0 aliphatic heterocycles. The molecule has 0 bridgehead atoms. The first kappa shape index (κ1) is 18.1. The fraction of sp³-hybridized carbons (Fsp3) is 0.133. The maximum atomic E-state index is 11.6. The van der Waals surface area contributed by atoms with E-state index < -0.39 is 16.1 Å². The standard InChI is InChI=1S/C15H16ClN3O4S/c16-12-3-5-13(6-4-12)23-10-19-15(20)18-9-11-1-7-14(8-2-11)24(17,21)22/h1-8H,9-10H2,(H2,17,21,22)(H2,18,19,20). The lowest BCUT2D eigenvalue weighted by Crippen LogP contribution is -2.37. The van der Waals surface area contributed by atoms with Gasteiger partial charge in [0.15, 0.2) is 6.73 Å². The van der Waals surface area contributed by atoms with Crippen molar-refractivity contribution in [2.24, 2.45) is 5.14 Å². The number of sulfonamides is 1. The van der Waals surface area contributed by atoms with E-state index in [4.69, 9.17) is 21.5 Å². The van der Waals surface area contributed by atoms with Gasteiger partial charge in [-0.25, -0.2) is 18.4 Å². The lowest BCUT2D eigenvalue weighted by molar-refractivity contribution is 0.223. The first-order chi connectivity index (χ1) is 11.3. The number of ether oxygens (including phenoxy) is 1. The SMILES string of the molecule is NS(=O)(=O)c1ccc(CNC(=O)NCOc2ccc(Cl)cc2)cc1. The molecule has 2 amide bonds. The summed E-state index contributed by atoms with van der Waals surface area (Å²) in [6, 6.07) is 12.2. The Labute approximate surface area is 144 Å². The summed E-state index contributed by atoms with van der Waals surface area (Å²) < 4.78 is 27.6. The van der Waals surface area contributed by atoms with Crippen LogP contribution < -0.4 is 20.5 Å². The number of nitrogens with one attached hydrogen (secondary N) is 2. The molecule has 0 fully saturated rings. The van der Waals surface area contributed by atoms with Crippen molar-refractivity contribution in [3.63, 3.8) is 0 Å². The predicted molar refractivity (Wildman–Crippen MR) is 90.1 cm³/mol. The van der Waals surface area contributed by atoms with E-state index in [0.717, 1.165) is 5.56 Å². The smallest absolute Gasteiger partial charge is 0.317 e. The summed E-state index contributed by atoms with van der Waals surface area (Å²) in [5.74, 6) is 0.582. The fourth-order valence-electron chi connectivity index (χ4n) is 1.76. The molecule has 9 heteroatoms. The van der Waals surface area contributed by atoms with Crippen molar-refractivity contribution in [2.75, 3.05) is 6.73 Å². The van der Waals surface area contributed by atoms with Crippen molar-refractivity contribution in [1.82, 2.24) is 10.6 Å². The molecule has 0 spiro atoms. The van der Waals surface area contributed by atoms with Crippen molar-refractivity contribution in [3.05, 3.63) is 59.1 Å². The van der Waals surface area contributed by atoms with E-state index in [-0.39, 0.29) is 18.2 Å². The highest BCUT2D eigenvalue weighted by Crippen LogP contribution is 2.14. The molecule has 0 aromatic heterocycles. The van der Waals surface area contributed by atoms with E-state index in [9.17, 15) is 13.2 Å². The second-order valence-electron chi connectivity index (χ2n) is 4.79. The molecule has 7 nitrogen and oxygen atoms in total. The number of hydrogen-bond donors (Lipinski definition) is 3. The zero-order chi connectivity index (χ0) is 17.6. The number of hydrogen-bond acceptors (Lipinski definition) is 4. The van der Waals surface area contributed by atoms with Crippen LogP contribution in [0.1, 0.15) is 5.56 Å². The average Bonchev–Trinajstić information content (AvgIpc) is 2.54. The van der Waals surface area contributed by atoms with Crippen LogP contribution in [0.4, 0.5) is 4.79 Å². The van der Waals surface area contributed by atoms with Crippen LogP contribution in [0, 0.1) is 0 Å². The van der Waals surface area contributed by atoms with Crippen LogP contribution in [0.15, 0.2) is 53.4 Å². The third-order valence-electron chi connectivity index (χ3n) is 2.99. The summed E-state index contributed by atoms with van der Waals surface area (Å²) in [4.78, 5) is 11.7. The summed E-state index contributed by atoms with van der Waals surface area (Å²) in [6.07, 6.45) is 0. The Morgan fingerprint density at radius 2 is 1.67 bits per heavy atom. The Hall–Kier alpha value is -2.29. The monoisotopic (exact) mass is 369 g/mol. The second kappa shape index (κ2) is 8.00. The molecular formula is C15H16ClN3O4S. The summed E-state index contributed by atoms with van der Waals surface area (Å²) in [5.41, 5.74) is 0.733. The van der Waals surface area contributed by atoms with E-state index in [0.29, 0.717) is 10.8 Å². The normalized spacial score (nSPS) is 10.9. The number of nitrogens with two attached hydrogens (primary N) is 1. The minimum atomic E-state index is -3.72. The quantitative estimate of drug-likeness (QED) is 0.674. The number of rotatable bonds is 6. The van der Waals surface area contributed by atoms with E-state index in [1.165, 1.54) is 12.1 Å². The van der Waals surface area contributed by atoms with Gasteiger partial charge in [-0.15, -0.1) is 0 Å². The van der Waals surface area contributed by atoms with E-state index in [1.807, 2.05) is 0 Å². The number of amides is 2. The van der Waals surface area contributed by atoms with E-state index >= 15 is 0 Å². The third kappa shape index (κ3) is 5.73. The van der Waals surface area contributed by atoms with Gasteiger partial charge in [-0.3, -0.25) is 0 Å². The Morgan fingerprint density at radius 3 is 2.25 bits per heavy atom. The molecule has 24 heavy (non-hydrogen) atoms. The average molecular weight is 370 g/mol. The Bertz CT molecular complexity index is 792. The lowest BCUT2D eigenvalue weighted by atomic mass is 10.2. The largest absolute Gasteiger partial charge is 0.473 e. The maximum Gasteiger partial charge on any atom is 0.317 e. The highest BCUT2D eigenvalue weighted by molar-refractivity contribution is 7.89. The number of carbonyl (C=O) groups excluding carboxylic acids is 1. The van der Waals surface area contributed by atoms with Gasteiger partial charge in [0.2, 0.25) is 10.0 Å². The summed E-state index contributed by atoms with van der Waals surface area (Å²) in [5, 5.41) is 10.8. The van der Waals surface area contributed by atoms with Gasteiger partial charge in [0, 0.05) is 11.6 Å². The van der Waals surface area contributed by atoms with Gasteiger partial charge in [-0.1, -0.05) is 23.7 Å². The van der Waals surface area contributed by atoms with Gasteiger partial charge in [0.1, 0.15) is 5.75 Å². The molecule has 0 aliphatic rings.